The summed E-state index contributed by atoms with van der Waals surface area (Å²) in [5.41, 5.74) is 2.47. The number of hydrogen-bond acceptors (Lipinski definition) is 2. The summed E-state index contributed by atoms with van der Waals surface area (Å²) >= 11 is 5.58. The van der Waals surface area contributed by atoms with Crippen LogP contribution >= 0.6 is 11.6 Å². The number of benzene rings is 1. The molecule has 3 nitrogen and oxygen atoms in total. The molecular weight excluding hydrogens is 238 g/mol. The number of halogens is 1. The molecule has 0 aromatic heterocycles. The zero-order valence-electron chi connectivity index (χ0n) is 9.91. The minimum Gasteiger partial charge on any atom is -0.494 e. The van der Waals surface area contributed by atoms with Crippen LogP contribution in [0.5, 0.6) is 5.75 Å². The average molecular weight is 254 g/mol. The van der Waals surface area contributed by atoms with Crippen molar-refractivity contribution in [3.8, 4) is 5.75 Å². The summed E-state index contributed by atoms with van der Waals surface area (Å²) in [7, 11) is 0. The van der Waals surface area contributed by atoms with E-state index in [2.05, 4.69) is 6.07 Å². The summed E-state index contributed by atoms with van der Waals surface area (Å²) in [6, 6.07) is 6.09. The van der Waals surface area contributed by atoms with Gasteiger partial charge in [-0.05, 0) is 36.6 Å². The second kappa shape index (κ2) is 5.41. The van der Waals surface area contributed by atoms with Crippen LogP contribution in [0.25, 0.3) is 0 Å². The SMILES string of the molecule is CCOc1ccc2c(c1)CN(C(=O)CCl)CC2. The molecule has 0 saturated heterocycles. The Kier molecular flexibility index (Phi) is 3.89. The predicted molar refractivity (Wildman–Crippen MR) is 67.5 cm³/mol. The first-order chi connectivity index (χ1) is 8.24. The van der Waals surface area contributed by atoms with Gasteiger partial charge < -0.3 is 9.64 Å². The monoisotopic (exact) mass is 253 g/mol. The van der Waals surface area contributed by atoms with E-state index in [1.165, 1.54) is 11.1 Å². The number of nitrogens with zero attached hydrogens (tertiary/aromatic N) is 1. The first kappa shape index (κ1) is 12.2. The third-order valence-electron chi connectivity index (χ3n) is 2.97. The summed E-state index contributed by atoms with van der Waals surface area (Å²) in [5, 5.41) is 0. The number of hydrogen-bond donors (Lipinski definition) is 0. The highest BCUT2D eigenvalue weighted by molar-refractivity contribution is 6.27. The van der Waals surface area contributed by atoms with Crippen molar-refractivity contribution in [3.63, 3.8) is 0 Å². The quantitative estimate of drug-likeness (QED) is 0.773. The van der Waals surface area contributed by atoms with E-state index in [-0.39, 0.29) is 11.8 Å². The third-order valence-corrected chi connectivity index (χ3v) is 3.20. The van der Waals surface area contributed by atoms with E-state index in [0.29, 0.717) is 13.2 Å². The highest BCUT2D eigenvalue weighted by atomic mass is 35.5. The fourth-order valence-electron chi connectivity index (χ4n) is 2.09. The number of alkyl halides is 1. The summed E-state index contributed by atoms with van der Waals surface area (Å²) in [4.78, 5) is 13.3. The molecule has 1 aliphatic rings. The minimum atomic E-state index is -0.000806. The number of rotatable bonds is 3. The second-order valence-electron chi connectivity index (χ2n) is 4.06. The van der Waals surface area contributed by atoms with E-state index in [4.69, 9.17) is 16.3 Å². The van der Waals surface area contributed by atoms with Gasteiger partial charge in [-0.3, -0.25) is 4.79 Å². The van der Waals surface area contributed by atoms with E-state index in [1.54, 1.807) is 4.90 Å². The van der Waals surface area contributed by atoms with Crippen LogP contribution in [0, 0.1) is 0 Å². The lowest BCUT2D eigenvalue weighted by Gasteiger charge is -2.28. The number of carbonyl (C=O) groups excluding carboxylic acids is 1. The number of amides is 1. The Labute approximate surface area is 106 Å². The molecule has 0 spiro atoms. The standard InChI is InChI=1S/C13H16ClNO2/c1-2-17-12-4-3-10-5-6-15(13(16)8-14)9-11(10)7-12/h3-4,7H,2,5-6,8-9H2,1H3. The number of carbonyl (C=O) groups is 1. The summed E-state index contributed by atoms with van der Waals surface area (Å²) in [6.07, 6.45) is 0.893. The van der Waals surface area contributed by atoms with Crippen LogP contribution < -0.4 is 4.74 Å². The van der Waals surface area contributed by atoms with Crippen molar-refractivity contribution in [1.82, 2.24) is 4.90 Å². The van der Waals surface area contributed by atoms with Gasteiger partial charge in [0, 0.05) is 13.1 Å². The van der Waals surface area contributed by atoms with Gasteiger partial charge in [0.25, 0.3) is 0 Å². The third kappa shape index (κ3) is 2.72. The van der Waals surface area contributed by atoms with Crippen LogP contribution in [0.15, 0.2) is 18.2 Å². The van der Waals surface area contributed by atoms with Crippen LogP contribution in [0.1, 0.15) is 18.1 Å². The summed E-state index contributed by atoms with van der Waals surface area (Å²) < 4.78 is 5.46. The molecule has 0 aliphatic carbocycles. The number of fused-ring (bicyclic) bond motifs is 1. The van der Waals surface area contributed by atoms with E-state index >= 15 is 0 Å². The molecule has 0 saturated carbocycles. The Morgan fingerprint density at radius 2 is 2.29 bits per heavy atom. The van der Waals surface area contributed by atoms with Crippen LogP contribution in [-0.4, -0.2) is 29.8 Å². The smallest absolute Gasteiger partial charge is 0.237 e. The van der Waals surface area contributed by atoms with Crippen LogP contribution in [0.3, 0.4) is 0 Å². The molecule has 0 fully saturated rings. The van der Waals surface area contributed by atoms with Crippen molar-refractivity contribution in [2.75, 3.05) is 19.0 Å². The molecule has 0 unspecified atom stereocenters. The van der Waals surface area contributed by atoms with E-state index in [0.717, 1.165) is 18.7 Å². The highest BCUT2D eigenvalue weighted by Gasteiger charge is 2.20. The van der Waals surface area contributed by atoms with Crippen LogP contribution in [0.4, 0.5) is 0 Å². The van der Waals surface area contributed by atoms with E-state index in [1.807, 2.05) is 19.1 Å². The van der Waals surface area contributed by atoms with Gasteiger partial charge in [-0.15, -0.1) is 11.6 Å². The van der Waals surface area contributed by atoms with Crippen molar-refractivity contribution < 1.29 is 9.53 Å². The maximum absolute atomic E-state index is 11.6. The van der Waals surface area contributed by atoms with Crippen molar-refractivity contribution in [3.05, 3.63) is 29.3 Å². The van der Waals surface area contributed by atoms with Crippen molar-refractivity contribution in [2.24, 2.45) is 0 Å². The van der Waals surface area contributed by atoms with Gasteiger partial charge in [-0.25, -0.2) is 0 Å². The molecule has 4 heteroatoms. The minimum absolute atomic E-state index is 0.000806. The Morgan fingerprint density at radius 1 is 1.47 bits per heavy atom. The molecule has 17 heavy (non-hydrogen) atoms. The first-order valence-corrected chi connectivity index (χ1v) is 6.36. The Balaban J connectivity index is 2.17. The lowest BCUT2D eigenvalue weighted by molar-refractivity contribution is -0.129. The summed E-state index contributed by atoms with van der Waals surface area (Å²) in [6.45, 7) is 4.01. The van der Waals surface area contributed by atoms with Gasteiger partial charge in [0.15, 0.2) is 0 Å². The molecule has 0 radical (unpaired) electrons. The first-order valence-electron chi connectivity index (χ1n) is 5.83. The summed E-state index contributed by atoms with van der Waals surface area (Å²) in [5.74, 6) is 0.922. The van der Waals surface area contributed by atoms with Gasteiger partial charge in [0.2, 0.25) is 5.91 Å². The molecule has 2 rings (SSSR count). The molecule has 92 valence electrons. The second-order valence-corrected chi connectivity index (χ2v) is 4.33. The Hall–Kier alpha value is -1.22. The fourth-order valence-corrected chi connectivity index (χ4v) is 2.26. The van der Waals surface area contributed by atoms with Crippen LogP contribution in [-0.2, 0) is 17.8 Å². The lowest BCUT2D eigenvalue weighted by atomic mass is 9.99. The predicted octanol–water partition coefficient (Wildman–Crippen LogP) is 2.21. The Bertz CT molecular complexity index is 420. The molecule has 1 aliphatic heterocycles. The largest absolute Gasteiger partial charge is 0.494 e. The maximum Gasteiger partial charge on any atom is 0.237 e. The zero-order valence-corrected chi connectivity index (χ0v) is 10.7. The average Bonchev–Trinajstić information content (AvgIpc) is 2.37. The molecule has 1 aromatic carbocycles. The van der Waals surface area contributed by atoms with E-state index < -0.39 is 0 Å². The molecule has 1 heterocycles. The van der Waals surface area contributed by atoms with Gasteiger partial charge in [-0.2, -0.15) is 0 Å². The zero-order chi connectivity index (χ0) is 12.3. The van der Waals surface area contributed by atoms with Gasteiger partial charge in [0.05, 0.1) is 6.61 Å². The molecule has 0 bridgehead atoms. The fraction of sp³-hybridized carbons (Fsp3) is 0.462. The van der Waals surface area contributed by atoms with Crippen molar-refractivity contribution in [1.29, 1.82) is 0 Å². The van der Waals surface area contributed by atoms with Gasteiger partial charge in [0.1, 0.15) is 11.6 Å². The van der Waals surface area contributed by atoms with Crippen LogP contribution in [0.2, 0.25) is 0 Å². The van der Waals surface area contributed by atoms with Gasteiger partial charge in [-0.1, -0.05) is 6.07 Å². The van der Waals surface area contributed by atoms with Gasteiger partial charge >= 0.3 is 0 Å². The Morgan fingerprint density at radius 3 is 3.00 bits per heavy atom. The molecule has 0 N–H and O–H groups in total. The number of ether oxygens (including phenoxy) is 1. The maximum atomic E-state index is 11.6. The normalized spacial score (nSPS) is 14.4. The molecule has 1 aromatic rings. The van der Waals surface area contributed by atoms with Crippen molar-refractivity contribution >= 4 is 17.5 Å². The van der Waals surface area contributed by atoms with E-state index in [9.17, 15) is 4.79 Å². The molecular formula is C13H16ClNO2. The molecule has 0 atom stereocenters. The topological polar surface area (TPSA) is 29.5 Å². The molecule has 1 amide bonds. The van der Waals surface area contributed by atoms with Crippen molar-refractivity contribution in [2.45, 2.75) is 19.9 Å². The lowest BCUT2D eigenvalue weighted by Crippen LogP contribution is -2.36. The highest BCUT2D eigenvalue weighted by Crippen LogP contribution is 2.24.